The number of nitrogens with one attached hydrogen (secondary N) is 1. The van der Waals surface area contributed by atoms with Crippen molar-refractivity contribution in [2.45, 2.75) is 6.42 Å². The molecule has 3 heterocycles. The highest BCUT2D eigenvalue weighted by Gasteiger charge is 2.27. The fraction of sp³-hybridized carbons (Fsp3) is 0.263. The third-order valence-electron chi connectivity index (χ3n) is 4.75. The zero-order chi connectivity index (χ0) is 20.5. The molecule has 0 atom stereocenters. The van der Waals surface area contributed by atoms with E-state index < -0.39 is 23.6 Å². The van der Waals surface area contributed by atoms with Gasteiger partial charge in [0.25, 0.3) is 0 Å². The molecule has 0 bridgehead atoms. The van der Waals surface area contributed by atoms with Crippen LogP contribution in [0, 0.1) is 5.82 Å². The second kappa shape index (κ2) is 7.67. The first-order valence-electron chi connectivity index (χ1n) is 8.90. The zero-order valence-corrected chi connectivity index (χ0v) is 15.9. The van der Waals surface area contributed by atoms with Crippen LogP contribution in [0.3, 0.4) is 0 Å². The Balaban J connectivity index is 1.34. The topological polar surface area (TPSA) is 91.8 Å². The molecule has 150 valence electrons. The predicted molar refractivity (Wildman–Crippen MR) is 102 cm³/mol. The minimum Gasteiger partial charge on any atom is -0.424 e. The summed E-state index contributed by atoms with van der Waals surface area (Å²) in [5, 5.41) is 2.52. The van der Waals surface area contributed by atoms with Crippen LogP contribution in [0.25, 0.3) is 0 Å². The molecule has 8 nitrogen and oxygen atoms in total. The van der Waals surface area contributed by atoms with Gasteiger partial charge in [-0.3, -0.25) is 19.4 Å². The molecule has 0 saturated carbocycles. The summed E-state index contributed by atoms with van der Waals surface area (Å²) in [5.41, 5.74) is 1.53. The summed E-state index contributed by atoms with van der Waals surface area (Å²) in [6.45, 7) is 1.64. The first-order valence-corrected chi connectivity index (χ1v) is 9.28. The molecule has 4 rings (SSSR count). The number of hydrogen-bond acceptors (Lipinski definition) is 6. The first-order chi connectivity index (χ1) is 13.9. The Morgan fingerprint density at radius 2 is 1.93 bits per heavy atom. The molecule has 1 saturated heterocycles. The quantitative estimate of drug-likeness (QED) is 0.588. The molecule has 1 aromatic carbocycles. The lowest BCUT2D eigenvalue weighted by Crippen LogP contribution is -2.51. The van der Waals surface area contributed by atoms with Crippen LogP contribution >= 0.6 is 11.6 Å². The number of carbonyl (C=O) groups excluding carboxylic acids is 3. The second-order valence-electron chi connectivity index (χ2n) is 6.65. The number of anilines is 2. The number of fused-ring (bicyclic) bond motifs is 1. The van der Waals surface area contributed by atoms with Gasteiger partial charge in [0.05, 0.1) is 29.0 Å². The lowest BCUT2D eigenvalue weighted by Gasteiger charge is -2.35. The van der Waals surface area contributed by atoms with Crippen molar-refractivity contribution in [3.63, 3.8) is 0 Å². The lowest BCUT2D eigenvalue weighted by molar-refractivity contribution is -0.143. The van der Waals surface area contributed by atoms with Crippen LogP contribution in [-0.2, 0) is 20.8 Å². The number of hydrogen-bond donors (Lipinski definition) is 1. The van der Waals surface area contributed by atoms with Crippen molar-refractivity contribution in [1.82, 2.24) is 9.88 Å². The third-order valence-corrected chi connectivity index (χ3v) is 5.04. The van der Waals surface area contributed by atoms with E-state index in [0.29, 0.717) is 31.9 Å². The Labute approximate surface area is 170 Å². The van der Waals surface area contributed by atoms with Crippen molar-refractivity contribution >= 4 is 40.8 Å². The van der Waals surface area contributed by atoms with Crippen molar-refractivity contribution in [3.05, 3.63) is 47.0 Å². The van der Waals surface area contributed by atoms with Gasteiger partial charge in [0.15, 0.2) is 5.75 Å². The molecule has 2 aliphatic rings. The zero-order valence-electron chi connectivity index (χ0n) is 15.2. The molecular weight excluding hydrogens is 403 g/mol. The third kappa shape index (κ3) is 4.00. The van der Waals surface area contributed by atoms with Gasteiger partial charge >= 0.3 is 17.8 Å². The highest BCUT2D eigenvalue weighted by molar-refractivity contribution is 6.39. The van der Waals surface area contributed by atoms with Crippen molar-refractivity contribution < 1.29 is 23.5 Å². The standard InChI is InChI=1S/C19H16ClFN4O4/c20-13-8-12(1-2-14(13)21)24-3-5-25(6-4-24)19(28)18(27)23-11-7-16-15(22-10-11)9-17(26)29-16/h1-2,7-8,10H,3-6,9H2,(H,23,27). The molecule has 0 unspecified atom stereocenters. The van der Waals surface area contributed by atoms with Crippen molar-refractivity contribution in [3.8, 4) is 5.75 Å². The van der Waals surface area contributed by atoms with E-state index in [1.54, 1.807) is 6.07 Å². The van der Waals surface area contributed by atoms with E-state index in [2.05, 4.69) is 10.3 Å². The Bertz CT molecular complexity index is 1010. The molecule has 2 aromatic rings. The van der Waals surface area contributed by atoms with Gasteiger partial charge in [-0.1, -0.05) is 11.6 Å². The summed E-state index contributed by atoms with van der Waals surface area (Å²) in [4.78, 5) is 43.5. The summed E-state index contributed by atoms with van der Waals surface area (Å²) < 4.78 is 18.3. The second-order valence-corrected chi connectivity index (χ2v) is 7.06. The minimum atomic E-state index is -0.797. The van der Waals surface area contributed by atoms with Crippen LogP contribution < -0.4 is 15.0 Å². The van der Waals surface area contributed by atoms with Gasteiger partial charge in [-0.25, -0.2) is 4.39 Å². The van der Waals surface area contributed by atoms with Crippen LogP contribution in [0.5, 0.6) is 5.75 Å². The normalized spacial score (nSPS) is 15.7. The molecule has 1 N–H and O–H groups in total. The fourth-order valence-corrected chi connectivity index (χ4v) is 3.41. The smallest absolute Gasteiger partial charge is 0.317 e. The minimum absolute atomic E-state index is 0.0361. The van der Waals surface area contributed by atoms with E-state index in [0.717, 1.165) is 5.69 Å². The van der Waals surface area contributed by atoms with E-state index in [-0.39, 0.29) is 22.9 Å². The average Bonchev–Trinajstić information content (AvgIpc) is 3.09. The van der Waals surface area contributed by atoms with Gasteiger partial charge in [0.2, 0.25) is 0 Å². The number of ether oxygens (including phenoxy) is 1. The first kappa shape index (κ1) is 19.1. The van der Waals surface area contributed by atoms with E-state index >= 15 is 0 Å². The van der Waals surface area contributed by atoms with Gasteiger partial charge in [-0.05, 0) is 18.2 Å². The summed E-state index contributed by atoms with van der Waals surface area (Å²) in [6, 6.07) is 5.92. The molecular formula is C19H16ClFN4O4. The number of halogens is 2. The summed E-state index contributed by atoms with van der Waals surface area (Å²) in [7, 11) is 0. The number of carbonyl (C=O) groups is 3. The molecule has 0 aliphatic carbocycles. The van der Waals surface area contributed by atoms with E-state index in [1.165, 1.54) is 29.3 Å². The number of aromatic nitrogens is 1. The van der Waals surface area contributed by atoms with Gasteiger partial charge in [0, 0.05) is 37.9 Å². The highest BCUT2D eigenvalue weighted by Crippen LogP contribution is 2.27. The molecule has 1 aromatic heterocycles. The fourth-order valence-electron chi connectivity index (χ4n) is 3.24. The van der Waals surface area contributed by atoms with Crippen LogP contribution in [0.15, 0.2) is 30.5 Å². The number of pyridine rings is 1. The van der Waals surface area contributed by atoms with Gasteiger partial charge in [-0.15, -0.1) is 0 Å². The molecule has 1 fully saturated rings. The van der Waals surface area contributed by atoms with Gasteiger partial charge < -0.3 is 19.9 Å². The van der Waals surface area contributed by atoms with Crippen LogP contribution in [0.1, 0.15) is 5.69 Å². The highest BCUT2D eigenvalue weighted by atomic mass is 35.5. The number of amides is 2. The maximum Gasteiger partial charge on any atom is 0.317 e. The molecule has 0 radical (unpaired) electrons. The van der Waals surface area contributed by atoms with Crippen LogP contribution in [-0.4, -0.2) is 53.8 Å². The Morgan fingerprint density at radius 1 is 1.17 bits per heavy atom. The van der Waals surface area contributed by atoms with Crippen molar-refractivity contribution in [2.75, 3.05) is 36.4 Å². The molecule has 2 amide bonds. The van der Waals surface area contributed by atoms with Gasteiger partial charge in [0.1, 0.15) is 5.82 Å². The Kier molecular flexibility index (Phi) is 5.06. The van der Waals surface area contributed by atoms with E-state index in [1.807, 2.05) is 4.90 Å². The largest absolute Gasteiger partial charge is 0.424 e. The van der Waals surface area contributed by atoms with E-state index in [9.17, 15) is 18.8 Å². The number of nitrogens with zero attached hydrogens (tertiary/aromatic N) is 3. The van der Waals surface area contributed by atoms with E-state index in [4.69, 9.17) is 16.3 Å². The SMILES string of the molecule is O=C1Cc2ncc(NC(=O)C(=O)N3CCN(c4ccc(F)c(Cl)c4)CC3)cc2O1. The van der Waals surface area contributed by atoms with Crippen LogP contribution in [0.4, 0.5) is 15.8 Å². The number of esters is 1. The molecule has 10 heteroatoms. The van der Waals surface area contributed by atoms with Crippen molar-refractivity contribution in [2.24, 2.45) is 0 Å². The van der Waals surface area contributed by atoms with Gasteiger partial charge in [-0.2, -0.15) is 0 Å². The van der Waals surface area contributed by atoms with Crippen molar-refractivity contribution in [1.29, 1.82) is 0 Å². The molecule has 29 heavy (non-hydrogen) atoms. The number of benzene rings is 1. The maximum atomic E-state index is 13.3. The summed E-state index contributed by atoms with van der Waals surface area (Å²) >= 11 is 5.82. The molecule has 0 spiro atoms. The number of rotatable bonds is 2. The predicted octanol–water partition coefficient (Wildman–Crippen LogP) is 1.62. The summed E-state index contributed by atoms with van der Waals surface area (Å²) in [5.74, 6) is -2.08. The Morgan fingerprint density at radius 3 is 2.66 bits per heavy atom. The maximum absolute atomic E-state index is 13.3. The van der Waals surface area contributed by atoms with Crippen LogP contribution in [0.2, 0.25) is 5.02 Å². The summed E-state index contributed by atoms with van der Waals surface area (Å²) in [6.07, 6.45) is 1.47. The number of piperazine rings is 1. The average molecular weight is 419 g/mol. The molecule has 2 aliphatic heterocycles. The Hall–Kier alpha value is -3.20. The monoisotopic (exact) mass is 418 g/mol. The lowest BCUT2D eigenvalue weighted by atomic mass is 10.2.